The van der Waals surface area contributed by atoms with E-state index in [0.717, 1.165) is 19.6 Å². The van der Waals surface area contributed by atoms with Crippen LogP contribution >= 0.6 is 0 Å². The van der Waals surface area contributed by atoms with Gasteiger partial charge in [0.25, 0.3) is 0 Å². The van der Waals surface area contributed by atoms with Crippen molar-refractivity contribution in [2.24, 2.45) is 0 Å². The molecule has 13 heavy (non-hydrogen) atoms. The van der Waals surface area contributed by atoms with Gasteiger partial charge < -0.3 is 9.47 Å². The van der Waals surface area contributed by atoms with E-state index in [0.29, 0.717) is 0 Å². The molecule has 0 saturated carbocycles. The van der Waals surface area contributed by atoms with Crippen LogP contribution < -0.4 is 0 Å². The highest BCUT2D eigenvalue weighted by molar-refractivity contribution is 4.76. The number of allylic oxidation sites excluding steroid dienone is 2. The minimum Gasteiger partial charge on any atom is -0.350 e. The fraction of sp³-hybridized carbons (Fsp3) is 0.818. The van der Waals surface area contributed by atoms with Crippen LogP contribution in [0.2, 0.25) is 0 Å². The van der Waals surface area contributed by atoms with Crippen molar-refractivity contribution >= 4 is 0 Å². The molecule has 0 radical (unpaired) electrons. The van der Waals surface area contributed by atoms with Gasteiger partial charge >= 0.3 is 0 Å². The number of hydrogen-bond acceptors (Lipinski definition) is 2. The summed E-state index contributed by atoms with van der Waals surface area (Å²) in [7, 11) is 0. The van der Waals surface area contributed by atoms with Crippen molar-refractivity contribution in [2.75, 3.05) is 13.2 Å². The maximum atomic E-state index is 5.34. The van der Waals surface area contributed by atoms with E-state index < -0.39 is 0 Å². The van der Waals surface area contributed by atoms with Gasteiger partial charge in [-0.25, -0.2) is 0 Å². The molecule has 1 aliphatic heterocycles. The van der Waals surface area contributed by atoms with E-state index in [1.165, 1.54) is 25.7 Å². The highest BCUT2D eigenvalue weighted by Crippen LogP contribution is 2.13. The van der Waals surface area contributed by atoms with E-state index in [4.69, 9.17) is 9.47 Å². The van der Waals surface area contributed by atoms with Crippen molar-refractivity contribution in [3.8, 4) is 0 Å². The molecule has 0 bridgehead atoms. The second kappa shape index (κ2) is 7.10. The molecule has 1 fully saturated rings. The summed E-state index contributed by atoms with van der Waals surface area (Å²) in [6.45, 7) is 3.63. The highest BCUT2D eigenvalue weighted by atomic mass is 16.7. The van der Waals surface area contributed by atoms with Crippen molar-refractivity contribution < 1.29 is 9.47 Å². The van der Waals surface area contributed by atoms with Crippen molar-refractivity contribution in [3.05, 3.63) is 12.2 Å². The van der Waals surface area contributed by atoms with Gasteiger partial charge in [-0.05, 0) is 32.6 Å². The molecule has 2 nitrogen and oxygen atoms in total. The SMILES string of the molecule is CC=CCCCCCC1OCCO1. The monoisotopic (exact) mass is 184 g/mol. The van der Waals surface area contributed by atoms with E-state index in [2.05, 4.69) is 19.1 Å². The maximum absolute atomic E-state index is 5.34. The molecule has 0 aromatic rings. The van der Waals surface area contributed by atoms with Gasteiger partial charge in [-0.1, -0.05) is 18.6 Å². The normalized spacial score (nSPS) is 18.8. The van der Waals surface area contributed by atoms with Gasteiger partial charge in [0.05, 0.1) is 13.2 Å². The van der Waals surface area contributed by atoms with Gasteiger partial charge in [-0.15, -0.1) is 0 Å². The zero-order valence-corrected chi connectivity index (χ0v) is 8.50. The first-order valence-corrected chi connectivity index (χ1v) is 5.28. The quantitative estimate of drug-likeness (QED) is 0.467. The molecule has 0 aromatic heterocycles. The molecule has 1 heterocycles. The van der Waals surface area contributed by atoms with Gasteiger partial charge in [0.1, 0.15) is 0 Å². The van der Waals surface area contributed by atoms with Gasteiger partial charge in [-0.2, -0.15) is 0 Å². The second-order valence-corrected chi connectivity index (χ2v) is 3.38. The topological polar surface area (TPSA) is 18.5 Å². The molecule has 76 valence electrons. The minimum absolute atomic E-state index is 0.0988. The average molecular weight is 184 g/mol. The Balaban J connectivity index is 1.83. The lowest BCUT2D eigenvalue weighted by atomic mass is 10.1. The lowest BCUT2D eigenvalue weighted by Gasteiger charge is -2.07. The van der Waals surface area contributed by atoms with Crippen LogP contribution in [0.25, 0.3) is 0 Å². The van der Waals surface area contributed by atoms with E-state index in [1.807, 2.05) is 0 Å². The molecule has 0 atom stereocenters. The first-order chi connectivity index (χ1) is 6.43. The number of hydrogen-bond donors (Lipinski definition) is 0. The summed E-state index contributed by atoms with van der Waals surface area (Å²) < 4.78 is 10.7. The Morgan fingerprint density at radius 1 is 1.15 bits per heavy atom. The van der Waals surface area contributed by atoms with E-state index in [9.17, 15) is 0 Å². The van der Waals surface area contributed by atoms with Crippen LogP contribution in [0.15, 0.2) is 12.2 Å². The van der Waals surface area contributed by atoms with Gasteiger partial charge in [-0.3, -0.25) is 0 Å². The zero-order chi connectivity index (χ0) is 9.36. The first-order valence-electron chi connectivity index (χ1n) is 5.28. The molecule has 0 aliphatic carbocycles. The van der Waals surface area contributed by atoms with Crippen LogP contribution in [0.3, 0.4) is 0 Å². The summed E-state index contributed by atoms with van der Waals surface area (Å²) >= 11 is 0. The van der Waals surface area contributed by atoms with Crippen LogP contribution in [0, 0.1) is 0 Å². The number of ether oxygens (including phenoxy) is 2. The third kappa shape index (κ3) is 5.06. The lowest BCUT2D eigenvalue weighted by molar-refractivity contribution is -0.0479. The number of unbranched alkanes of at least 4 members (excludes halogenated alkanes) is 3. The van der Waals surface area contributed by atoms with Crippen LogP contribution in [0.4, 0.5) is 0 Å². The second-order valence-electron chi connectivity index (χ2n) is 3.38. The summed E-state index contributed by atoms with van der Waals surface area (Å²) in [5.41, 5.74) is 0. The van der Waals surface area contributed by atoms with Crippen molar-refractivity contribution in [1.29, 1.82) is 0 Å². The van der Waals surface area contributed by atoms with Gasteiger partial charge in [0.15, 0.2) is 6.29 Å². The fourth-order valence-electron chi connectivity index (χ4n) is 1.49. The summed E-state index contributed by atoms with van der Waals surface area (Å²) in [5.74, 6) is 0. The predicted octanol–water partition coefficient (Wildman–Crippen LogP) is 2.89. The molecule has 2 heteroatoms. The van der Waals surface area contributed by atoms with Crippen molar-refractivity contribution in [2.45, 2.75) is 45.3 Å². The molecule has 1 saturated heterocycles. The summed E-state index contributed by atoms with van der Waals surface area (Å²) in [6.07, 6.45) is 10.5. The smallest absolute Gasteiger partial charge is 0.157 e. The third-order valence-corrected chi connectivity index (χ3v) is 2.24. The Kier molecular flexibility index (Phi) is 5.87. The Hall–Kier alpha value is -0.340. The third-order valence-electron chi connectivity index (χ3n) is 2.24. The standard InChI is InChI=1S/C11H20O2/c1-2-3-4-5-6-7-8-11-12-9-10-13-11/h2-3,11H,4-10H2,1H3. The van der Waals surface area contributed by atoms with Gasteiger partial charge in [0.2, 0.25) is 0 Å². The molecule has 0 amide bonds. The summed E-state index contributed by atoms with van der Waals surface area (Å²) in [4.78, 5) is 0. The molecular weight excluding hydrogens is 164 g/mol. The molecule has 0 unspecified atom stereocenters. The Morgan fingerprint density at radius 3 is 2.62 bits per heavy atom. The molecule has 1 aliphatic rings. The maximum Gasteiger partial charge on any atom is 0.157 e. The minimum atomic E-state index is 0.0988. The fourth-order valence-corrected chi connectivity index (χ4v) is 1.49. The molecule has 0 N–H and O–H groups in total. The van der Waals surface area contributed by atoms with Crippen LogP contribution in [-0.2, 0) is 9.47 Å². The lowest BCUT2D eigenvalue weighted by Crippen LogP contribution is -2.06. The summed E-state index contributed by atoms with van der Waals surface area (Å²) in [6, 6.07) is 0. The first kappa shape index (κ1) is 10.7. The Bertz CT molecular complexity index is 137. The van der Waals surface area contributed by atoms with Crippen LogP contribution in [-0.4, -0.2) is 19.5 Å². The summed E-state index contributed by atoms with van der Waals surface area (Å²) in [5, 5.41) is 0. The zero-order valence-electron chi connectivity index (χ0n) is 8.50. The van der Waals surface area contributed by atoms with E-state index in [-0.39, 0.29) is 6.29 Å². The van der Waals surface area contributed by atoms with Crippen LogP contribution in [0.1, 0.15) is 39.0 Å². The largest absolute Gasteiger partial charge is 0.350 e. The van der Waals surface area contributed by atoms with Gasteiger partial charge in [0, 0.05) is 0 Å². The van der Waals surface area contributed by atoms with E-state index in [1.54, 1.807) is 0 Å². The van der Waals surface area contributed by atoms with Crippen molar-refractivity contribution in [3.63, 3.8) is 0 Å². The predicted molar refractivity (Wildman–Crippen MR) is 53.6 cm³/mol. The Morgan fingerprint density at radius 2 is 1.92 bits per heavy atom. The Labute approximate surface area is 80.9 Å². The van der Waals surface area contributed by atoms with E-state index >= 15 is 0 Å². The van der Waals surface area contributed by atoms with Crippen LogP contribution in [0.5, 0.6) is 0 Å². The highest BCUT2D eigenvalue weighted by Gasteiger charge is 2.14. The molecule has 0 aromatic carbocycles. The average Bonchev–Trinajstić information content (AvgIpc) is 2.63. The number of rotatable bonds is 6. The molecule has 0 spiro atoms. The molecular formula is C11H20O2. The van der Waals surface area contributed by atoms with Crippen molar-refractivity contribution in [1.82, 2.24) is 0 Å². The molecule has 1 rings (SSSR count).